The molecule has 0 saturated carbocycles. The summed E-state index contributed by atoms with van der Waals surface area (Å²) in [6, 6.07) is 11.0. The second-order valence-corrected chi connectivity index (χ2v) is 7.17. The van der Waals surface area contributed by atoms with Crippen LogP contribution in [0.4, 0.5) is 0 Å². The normalized spacial score (nSPS) is 15.1. The van der Waals surface area contributed by atoms with Gasteiger partial charge in [0.25, 0.3) is 0 Å². The summed E-state index contributed by atoms with van der Waals surface area (Å²) in [6.07, 6.45) is -0.0108. The van der Waals surface area contributed by atoms with E-state index in [1.807, 2.05) is 35.0 Å². The molecule has 0 saturated heterocycles. The molecule has 0 fully saturated rings. The molecule has 1 heterocycles. The summed E-state index contributed by atoms with van der Waals surface area (Å²) in [7, 11) is -3.73. The maximum absolute atomic E-state index is 12.2. The van der Waals surface area contributed by atoms with E-state index < -0.39 is 13.2 Å². The number of rotatable bonds is 5. The number of thiophene rings is 1. The lowest BCUT2D eigenvalue weighted by molar-refractivity contribution is 0.117. The smallest absolute Gasteiger partial charge is 0.324 e. The molecule has 0 bridgehead atoms. The highest BCUT2D eigenvalue weighted by Gasteiger charge is 2.32. The van der Waals surface area contributed by atoms with E-state index >= 15 is 0 Å². The van der Waals surface area contributed by atoms with Crippen molar-refractivity contribution >= 4 is 18.9 Å². The first-order chi connectivity index (χ1) is 8.89. The van der Waals surface area contributed by atoms with Crippen LogP contribution in [-0.2, 0) is 20.9 Å². The Labute approximate surface area is 117 Å². The Kier molecular flexibility index (Phi) is 4.26. The third kappa shape index (κ3) is 4.02. The largest absolute Gasteiger partial charge is 0.333 e. The zero-order chi connectivity index (χ0) is 13.9. The average molecular weight is 295 g/mol. The zero-order valence-electron chi connectivity index (χ0n) is 10.7. The Morgan fingerprint density at radius 1 is 1.37 bits per heavy atom. The van der Waals surface area contributed by atoms with E-state index in [4.69, 9.17) is 4.52 Å². The minimum Gasteiger partial charge on any atom is -0.324 e. The van der Waals surface area contributed by atoms with Crippen LogP contribution >= 0.6 is 18.9 Å². The van der Waals surface area contributed by atoms with E-state index in [-0.39, 0.29) is 6.16 Å². The molecule has 2 unspecified atom stereocenters. The van der Waals surface area contributed by atoms with Gasteiger partial charge < -0.3 is 4.89 Å². The van der Waals surface area contributed by atoms with Gasteiger partial charge in [0.05, 0.1) is 6.16 Å². The van der Waals surface area contributed by atoms with Crippen molar-refractivity contribution in [3.63, 3.8) is 0 Å². The van der Waals surface area contributed by atoms with E-state index in [1.165, 1.54) is 11.3 Å². The van der Waals surface area contributed by atoms with Crippen LogP contribution < -0.4 is 0 Å². The third-order valence-electron chi connectivity index (χ3n) is 2.70. The highest BCUT2D eigenvalue weighted by Crippen LogP contribution is 2.51. The van der Waals surface area contributed by atoms with E-state index in [0.29, 0.717) is 0 Å². The molecule has 3 nitrogen and oxygen atoms in total. The molecule has 0 spiro atoms. The van der Waals surface area contributed by atoms with Crippen LogP contribution in [0.1, 0.15) is 18.1 Å². The molecule has 1 N–H and O–H groups in total. The summed E-state index contributed by atoms with van der Waals surface area (Å²) in [5.74, 6) is 0. The van der Waals surface area contributed by atoms with Crippen LogP contribution in [0.2, 0.25) is 0 Å². The van der Waals surface area contributed by atoms with E-state index in [0.717, 1.165) is 11.1 Å². The van der Waals surface area contributed by atoms with Crippen molar-refractivity contribution in [2.45, 2.75) is 18.7 Å². The summed E-state index contributed by atoms with van der Waals surface area (Å²) >= 11 is 1.51. The second-order valence-electron chi connectivity index (χ2n) is 4.62. The second kappa shape index (κ2) is 5.59. The molecular weight excluding hydrogens is 279 g/mol. The molecule has 101 valence electrons. The average Bonchev–Trinajstić information content (AvgIpc) is 2.81. The van der Waals surface area contributed by atoms with Gasteiger partial charge in [0.1, 0.15) is 5.60 Å². The summed E-state index contributed by atoms with van der Waals surface area (Å²) in [4.78, 5) is 10.00. The van der Waals surface area contributed by atoms with Crippen LogP contribution in [0.25, 0.3) is 0 Å². The van der Waals surface area contributed by atoms with Gasteiger partial charge in [-0.05, 0) is 41.8 Å². The quantitative estimate of drug-likeness (QED) is 0.841. The van der Waals surface area contributed by atoms with Crippen LogP contribution in [0.15, 0.2) is 47.2 Å². The topological polar surface area (TPSA) is 46.5 Å². The van der Waals surface area contributed by atoms with Gasteiger partial charge in [0.2, 0.25) is 0 Å². The van der Waals surface area contributed by atoms with Gasteiger partial charge >= 0.3 is 7.60 Å². The first-order valence-corrected chi connectivity index (χ1v) is 8.54. The molecule has 1 aromatic heterocycles. The summed E-state index contributed by atoms with van der Waals surface area (Å²) in [5.41, 5.74) is 0.563. The molecule has 2 aromatic rings. The number of hydrogen-bond donors (Lipinski definition) is 1. The van der Waals surface area contributed by atoms with E-state index in [1.54, 1.807) is 19.1 Å². The van der Waals surface area contributed by atoms with Crippen molar-refractivity contribution < 1.29 is 14.0 Å². The van der Waals surface area contributed by atoms with Gasteiger partial charge in [0, 0.05) is 0 Å². The monoisotopic (exact) mass is 295 g/mol. The molecular formula is C14H16O3PS. The predicted molar refractivity (Wildman–Crippen MR) is 78.1 cm³/mol. The molecule has 1 radical (unpaired) electrons. The molecule has 5 heteroatoms. The zero-order valence-corrected chi connectivity index (χ0v) is 12.4. The highest BCUT2D eigenvalue weighted by molar-refractivity contribution is 7.52. The van der Waals surface area contributed by atoms with Gasteiger partial charge in [-0.3, -0.25) is 9.09 Å². The highest BCUT2D eigenvalue weighted by atomic mass is 32.1. The van der Waals surface area contributed by atoms with Gasteiger partial charge in [-0.25, -0.2) is 0 Å². The van der Waals surface area contributed by atoms with Crippen LogP contribution in [-0.4, -0.2) is 4.89 Å². The molecule has 0 aliphatic heterocycles. The Morgan fingerprint density at radius 3 is 2.63 bits per heavy atom. The lowest BCUT2D eigenvalue weighted by atomic mass is 10.0. The summed E-state index contributed by atoms with van der Waals surface area (Å²) in [5, 5.41) is 3.76. The first kappa shape index (κ1) is 14.5. The number of benzene rings is 1. The maximum atomic E-state index is 12.2. The molecule has 2 atom stereocenters. The van der Waals surface area contributed by atoms with Crippen molar-refractivity contribution in [2.24, 2.45) is 0 Å². The minimum absolute atomic E-state index is 0.0108. The Morgan fingerprint density at radius 2 is 2.05 bits per heavy atom. The fourth-order valence-electron chi connectivity index (χ4n) is 1.78. The Balaban J connectivity index is 2.11. The summed E-state index contributed by atoms with van der Waals surface area (Å²) < 4.78 is 17.6. The van der Waals surface area contributed by atoms with E-state index in [9.17, 15) is 9.46 Å². The molecule has 2 rings (SSSR count). The van der Waals surface area contributed by atoms with Crippen molar-refractivity contribution in [1.29, 1.82) is 0 Å². The lowest BCUT2D eigenvalue weighted by Gasteiger charge is -2.27. The van der Waals surface area contributed by atoms with Crippen molar-refractivity contribution in [3.05, 3.63) is 65.2 Å². The SMILES string of the molecule is [CH2]C(C)(OP(=O)(O)Cc1ccccc1)c1ccsc1. The summed E-state index contributed by atoms with van der Waals surface area (Å²) in [6.45, 7) is 5.59. The lowest BCUT2D eigenvalue weighted by Crippen LogP contribution is -2.20. The van der Waals surface area contributed by atoms with Crippen LogP contribution in [0.3, 0.4) is 0 Å². The van der Waals surface area contributed by atoms with Crippen LogP contribution in [0.5, 0.6) is 0 Å². The fraction of sp³-hybridized carbons (Fsp3) is 0.214. The van der Waals surface area contributed by atoms with E-state index in [2.05, 4.69) is 6.92 Å². The third-order valence-corrected chi connectivity index (χ3v) is 4.84. The number of hydrogen-bond acceptors (Lipinski definition) is 3. The first-order valence-electron chi connectivity index (χ1n) is 5.84. The van der Waals surface area contributed by atoms with Crippen molar-refractivity contribution in [1.82, 2.24) is 0 Å². The molecule has 0 amide bonds. The fourth-order valence-corrected chi connectivity index (χ4v) is 4.03. The van der Waals surface area contributed by atoms with Crippen LogP contribution in [0, 0.1) is 6.92 Å². The molecule has 19 heavy (non-hydrogen) atoms. The predicted octanol–water partition coefficient (Wildman–Crippen LogP) is 4.20. The standard InChI is InChI=1S/C14H16O3PS/c1-14(2,13-8-9-19-11-13)17-18(15,16)10-12-6-4-3-5-7-12/h3-9,11H,1,10H2,2H3,(H,15,16). The van der Waals surface area contributed by atoms with Crippen molar-refractivity contribution in [3.8, 4) is 0 Å². The molecule has 1 aromatic carbocycles. The Hall–Kier alpha value is -0.930. The maximum Gasteiger partial charge on any atom is 0.333 e. The minimum atomic E-state index is -3.73. The van der Waals surface area contributed by atoms with Crippen molar-refractivity contribution in [2.75, 3.05) is 0 Å². The van der Waals surface area contributed by atoms with Gasteiger partial charge in [-0.1, -0.05) is 30.3 Å². The van der Waals surface area contributed by atoms with Gasteiger partial charge in [-0.2, -0.15) is 11.3 Å². The molecule has 0 aliphatic rings. The molecule has 0 aliphatic carbocycles. The Bertz CT molecular complexity index is 564. The van der Waals surface area contributed by atoms with Gasteiger partial charge in [0.15, 0.2) is 0 Å². The van der Waals surface area contributed by atoms with Gasteiger partial charge in [-0.15, -0.1) is 0 Å².